The van der Waals surface area contributed by atoms with Gasteiger partial charge in [-0.05, 0) is 30.3 Å². The summed E-state index contributed by atoms with van der Waals surface area (Å²) < 4.78 is 63.4. The molecule has 2 aromatic carbocycles. The fraction of sp³-hybridized carbons (Fsp3) is 0.0714. The predicted octanol–water partition coefficient (Wildman–Crippen LogP) is 1.13. The molecular weight excluding hydrogens is 359 g/mol. The normalized spacial score (nSPS) is 11.9. The summed E-state index contributed by atoms with van der Waals surface area (Å²) in [5.74, 6) is -2.03. The Bertz CT molecular complexity index is 1020. The van der Waals surface area contributed by atoms with E-state index in [9.17, 15) is 26.0 Å². The number of amides is 1. The second-order valence-electron chi connectivity index (χ2n) is 4.88. The summed E-state index contributed by atoms with van der Waals surface area (Å²) in [6, 6.07) is 8.03. The van der Waals surface area contributed by atoms with Crippen LogP contribution in [0.3, 0.4) is 0 Å². The number of anilines is 1. The zero-order valence-corrected chi connectivity index (χ0v) is 14.0. The quantitative estimate of drug-likeness (QED) is 0.814. The number of hydrogen-bond donors (Lipinski definition) is 2. The van der Waals surface area contributed by atoms with E-state index in [-0.39, 0.29) is 11.3 Å². The fourth-order valence-corrected chi connectivity index (χ4v) is 3.76. The molecule has 1 amide bonds. The SMILES string of the molecule is CS(=O)(=O)c1ccc(S(=O)(=O)Nc2ccccc2C(N)=O)cc1F. The first-order valence-corrected chi connectivity index (χ1v) is 9.81. The second-order valence-corrected chi connectivity index (χ2v) is 8.55. The Labute approximate surface area is 138 Å². The summed E-state index contributed by atoms with van der Waals surface area (Å²) >= 11 is 0. The minimum atomic E-state index is -4.25. The minimum absolute atomic E-state index is 0.0608. The third-order valence-corrected chi connectivity index (χ3v) is 5.54. The zero-order chi connectivity index (χ0) is 18.1. The first-order valence-electron chi connectivity index (χ1n) is 6.43. The van der Waals surface area contributed by atoms with Gasteiger partial charge in [0.1, 0.15) is 10.7 Å². The van der Waals surface area contributed by atoms with Gasteiger partial charge in [-0.2, -0.15) is 0 Å². The number of carbonyl (C=O) groups excluding carboxylic acids is 1. The van der Waals surface area contributed by atoms with E-state index in [1.165, 1.54) is 24.3 Å². The van der Waals surface area contributed by atoms with E-state index in [0.717, 1.165) is 18.4 Å². The average molecular weight is 372 g/mol. The van der Waals surface area contributed by atoms with E-state index >= 15 is 0 Å². The van der Waals surface area contributed by atoms with Gasteiger partial charge in [0.15, 0.2) is 9.84 Å². The van der Waals surface area contributed by atoms with E-state index in [2.05, 4.69) is 4.72 Å². The molecule has 0 aliphatic rings. The molecule has 0 fully saturated rings. The molecule has 3 N–H and O–H groups in total. The molecule has 2 rings (SSSR count). The Kier molecular flexibility index (Phi) is 4.63. The maximum atomic E-state index is 13.9. The predicted molar refractivity (Wildman–Crippen MR) is 85.3 cm³/mol. The Morgan fingerprint density at radius 3 is 2.25 bits per heavy atom. The Balaban J connectivity index is 2.46. The molecule has 0 atom stereocenters. The fourth-order valence-electron chi connectivity index (χ4n) is 1.94. The van der Waals surface area contributed by atoms with Crippen LogP contribution in [0.1, 0.15) is 10.4 Å². The molecular formula is C14H13FN2O5S2. The number of benzene rings is 2. The van der Waals surface area contributed by atoms with Crippen molar-refractivity contribution >= 4 is 31.5 Å². The molecule has 0 heterocycles. The summed E-state index contributed by atoms with van der Waals surface area (Å²) in [6.07, 6.45) is 0.806. The van der Waals surface area contributed by atoms with Gasteiger partial charge in [-0.25, -0.2) is 21.2 Å². The molecule has 0 spiro atoms. The highest BCUT2D eigenvalue weighted by Crippen LogP contribution is 2.23. The van der Waals surface area contributed by atoms with Crippen LogP contribution in [0.4, 0.5) is 10.1 Å². The first kappa shape index (κ1) is 17.9. The second kappa shape index (κ2) is 6.21. The molecule has 0 aliphatic carbocycles. The highest BCUT2D eigenvalue weighted by Gasteiger charge is 2.21. The molecule has 0 aliphatic heterocycles. The number of sulfonamides is 1. The van der Waals surface area contributed by atoms with E-state index in [0.29, 0.717) is 6.07 Å². The van der Waals surface area contributed by atoms with Crippen LogP contribution in [-0.4, -0.2) is 29.0 Å². The standard InChI is InChI=1S/C14H13FN2O5S2/c1-23(19,20)13-7-6-9(8-11(13)15)24(21,22)17-12-5-3-2-4-10(12)14(16)18/h2-8,17H,1H3,(H2,16,18). The lowest BCUT2D eigenvalue weighted by atomic mass is 10.2. The number of para-hydroxylation sites is 1. The van der Waals surface area contributed by atoms with Gasteiger partial charge in [-0.15, -0.1) is 0 Å². The number of nitrogens with two attached hydrogens (primary N) is 1. The molecule has 0 bridgehead atoms. The molecule has 7 nitrogen and oxygen atoms in total. The topological polar surface area (TPSA) is 123 Å². The van der Waals surface area contributed by atoms with Crippen molar-refractivity contribution in [1.82, 2.24) is 0 Å². The third kappa shape index (κ3) is 3.71. The van der Waals surface area contributed by atoms with E-state index in [1.54, 1.807) is 0 Å². The average Bonchev–Trinajstić information content (AvgIpc) is 2.45. The molecule has 0 saturated carbocycles. The van der Waals surface area contributed by atoms with Crippen LogP contribution < -0.4 is 10.5 Å². The van der Waals surface area contributed by atoms with Crippen molar-refractivity contribution in [2.75, 3.05) is 11.0 Å². The minimum Gasteiger partial charge on any atom is -0.366 e. The molecule has 0 radical (unpaired) electrons. The van der Waals surface area contributed by atoms with Crippen LogP contribution in [-0.2, 0) is 19.9 Å². The zero-order valence-electron chi connectivity index (χ0n) is 12.4. The van der Waals surface area contributed by atoms with Gasteiger partial charge >= 0.3 is 0 Å². The van der Waals surface area contributed by atoms with Crippen LogP contribution in [0.5, 0.6) is 0 Å². The summed E-state index contributed by atoms with van der Waals surface area (Å²) in [5, 5.41) is 0. The molecule has 2 aromatic rings. The van der Waals surface area contributed by atoms with E-state index in [1.807, 2.05) is 0 Å². The van der Waals surface area contributed by atoms with Gasteiger partial charge in [-0.1, -0.05) is 12.1 Å². The molecule has 10 heteroatoms. The number of carbonyl (C=O) groups is 1. The summed E-state index contributed by atoms with van der Waals surface area (Å²) in [4.78, 5) is 10.2. The van der Waals surface area contributed by atoms with Gasteiger partial charge in [0.05, 0.1) is 16.1 Å². The largest absolute Gasteiger partial charge is 0.366 e. The van der Waals surface area contributed by atoms with Crippen LogP contribution in [0.2, 0.25) is 0 Å². The molecule has 0 saturated heterocycles. The van der Waals surface area contributed by atoms with Crippen LogP contribution in [0, 0.1) is 5.82 Å². The van der Waals surface area contributed by atoms with Crippen molar-refractivity contribution in [3.63, 3.8) is 0 Å². The maximum absolute atomic E-state index is 13.9. The van der Waals surface area contributed by atoms with Crippen LogP contribution in [0.15, 0.2) is 52.3 Å². The lowest BCUT2D eigenvalue weighted by Crippen LogP contribution is -2.19. The molecule has 24 heavy (non-hydrogen) atoms. The van der Waals surface area contributed by atoms with Crippen molar-refractivity contribution < 1.29 is 26.0 Å². The molecule has 0 unspecified atom stereocenters. The van der Waals surface area contributed by atoms with Crippen molar-refractivity contribution in [3.05, 3.63) is 53.8 Å². The van der Waals surface area contributed by atoms with Crippen molar-refractivity contribution in [2.24, 2.45) is 5.73 Å². The number of nitrogens with one attached hydrogen (secondary N) is 1. The molecule has 128 valence electrons. The van der Waals surface area contributed by atoms with Crippen molar-refractivity contribution in [2.45, 2.75) is 9.79 Å². The number of rotatable bonds is 5. The van der Waals surface area contributed by atoms with Crippen molar-refractivity contribution in [3.8, 4) is 0 Å². The Hall–Kier alpha value is -2.46. The maximum Gasteiger partial charge on any atom is 0.262 e. The number of hydrogen-bond acceptors (Lipinski definition) is 5. The molecule has 0 aromatic heterocycles. The van der Waals surface area contributed by atoms with Gasteiger partial charge in [0.25, 0.3) is 15.9 Å². The highest BCUT2D eigenvalue weighted by molar-refractivity contribution is 7.92. The van der Waals surface area contributed by atoms with Gasteiger partial charge in [0, 0.05) is 6.26 Å². The number of primary amides is 1. The Morgan fingerprint density at radius 1 is 1.08 bits per heavy atom. The van der Waals surface area contributed by atoms with Crippen LogP contribution >= 0.6 is 0 Å². The number of sulfone groups is 1. The van der Waals surface area contributed by atoms with E-state index < -0.39 is 41.4 Å². The monoisotopic (exact) mass is 372 g/mol. The van der Waals surface area contributed by atoms with Gasteiger partial charge < -0.3 is 5.73 Å². The third-order valence-electron chi connectivity index (χ3n) is 3.05. The Morgan fingerprint density at radius 2 is 1.71 bits per heavy atom. The first-order chi connectivity index (χ1) is 11.0. The highest BCUT2D eigenvalue weighted by atomic mass is 32.2. The van der Waals surface area contributed by atoms with E-state index in [4.69, 9.17) is 5.73 Å². The summed E-state index contributed by atoms with van der Waals surface area (Å²) in [5.41, 5.74) is 5.03. The number of halogens is 1. The lowest BCUT2D eigenvalue weighted by molar-refractivity contribution is 0.100. The van der Waals surface area contributed by atoms with Gasteiger partial charge in [0.2, 0.25) is 0 Å². The lowest BCUT2D eigenvalue weighted by Gasteiger charge is -2.11. The summed E-state index contributed by atoms with van der Waals surface area (Å²) in [7, 11) is -8.07. The summed E-state index contributed by atoms with van der Waals surface area (Å²) in [6.45, 7) is 0. The smallest absolute Gasteiger partial charge is 0.262 e. The van der Waals surface area contributed by atoms with Gasteiger partial charge in [-0.3, -0.25) is 9.52 Å². The van der Waals surface area contributed by atoms with Crippen molar-refractivity contribution in [1.29, 1.82) is 0 Å². The van der Waals surface area contributed by atoms with Crippen LogP contribution in [0.25, 0.3) is 0 Å².